The zero-order chi connectivity index (χ0) is 18.3. The highest BCUT2D eigenvalue weighted by Crippen LogP contribution is 2.19. The molecule has 5 heteroatoms. The van der Waals surface area contributed by atoms with Crippen molar-refractivity contribution in [2.24, 2.45) is 0 Å². The van der Waals surface area contributed by atoms with Crippen molar-refractivity contribution in [2.75, 3.05) is 11.9 Å². The summed E-state index contributed by atoms with van der Waals surface area (Å²) >= 11 is 0. The largest absolute Gasteiger partial charge is 0.444 e. The normalized spacial score (nSPS) is 10.8. The van der Waals surface area contributed by atoms with Crippen LogP contribution in [0, 0.1) is 0 Å². The Balaban J connectivity index is 1.94. The van der Waals surface area contributed by atoms with Crippen LogP contribution in [0.15, 0.2) is 54.6 Å². The van der Waals surface area contributed by atoms with Gasteiger partial charge in [0.15, 0.2) is 0 Å². The summed E-state index contributed by atoms with van der Waals surface area (Å²) in [5, 5.41) is 5.29. The quantitative estimate of drug-likeness (QED) is 0.871. The summed E-state index contributed by atoms with van der Waals surface area (Å²) < 4.78 is 5.11. The molecule has 0 saturated carbocycles. The minimum absolute atomic E-state index is 0.144. The Hall–Kier alpha value is -2.82. The van der Waals surface area contributed by atoms with E-state index in [-0.39, 0.29) is 12.5 Å². The second kappa shape index (κ2) is 8.33. The molecule has 2 amide bonds. The molecule has 132 valence electrons. The third kappa shape index (κ3) is 6.67. The lowest BCUT2D eigenvalue weighted by Crippen LogP contribution is -2.37. The third-order valence-corrected chi connectivity index (χ3v) is 3.32. The molecule has 0 saturated heterocycles. The van der Waals surface area contributed by atoms with Crippen molar-refractivity contribution in [1.82, 2.24) is 5.32 Å². The van der Waals surface area contributed by atoms with Crippen LogP contribution in [-0.4, -0.2) is 24.1 Å². The maximum atomic E-state index is 12.1. The van der Waals surface area contributed by atoms with E-state index in [0.29, 0.717) is 0 Å². The highest BCUT2D eigenvalue weighted by molar-refractivity contribution is 5.94. The first kappa shape index (κ1) is 18.5. The van der Waals surface area contributed by atoms with Gasteiger partial charge in [-0.2, -0.15) is 0 Å². The molecule has 5 nitrogen and oxygen atoms in total. The van der Waals surface area contributed by atoms with E-state index in [2.05, 4.69) is 10.6 Å². The minimum atomic E-state index is -0.611. The molecule has 0 aliphatic rings. The van der Waals surface area contributed by atoms with Crippen LogP contribution < -0.4 is 10.6 Å². The molecule has 0 aliphatic carbocycles. The van der Waals surface area contributed by atoms with Gasteiger partial charge in [0.1, 0.15) is 12.1 Å². The molecule has 0 aromatic heterocycles. The number of hydrogen-bond donors (Lipinski definition) is 2. The molecule has 0 atom stereocenters. The van der Waals surface area contributed by atoms with Crippen LogP contribution >= 0.6 is 0 Å². The molecule has 2 aromatic rings. The van der Waals surface area contributed by atoms with Crippen molar-refractivity contribution in [3.05, 3.63) is 65.7 Å². The number of amides is 2. The number of hydrogen-bond acceptors (Lipinski definition) is 3. The minimum Gasteiger partial charge on any atom is -0.444 e. The van der Waals surface area contributed by atoms with Gasteiger partial charge in [-0.3, -0.25) is 4.79 Å². The zero-order valence-electron chi connectivity index (χ0n) is 14.8. The summed E-state index contributed by atoms with van der Waals surface area (Å²) in [7, 11) is 0. The molecule has 0 aliphatic heterocycles. The van der Waals surface area contributed by atoms with Gasteiger partial charge in [0.05, 0.1) is 0 Å². The van der Waals surface area contributed by atoms with Gasteiger partial charge in [-0.15, -0.1) is 0 Å². The number of nitrogens with one attached hydrogen (secondary N) is 2. The fourth-order valence-corrected chi connectivity index (χ4v) is 2.27. The van der Waals surface area contributed by atoms with Gasteiger partial charge < -0.3 is 15.4 Å². The Morgan fingerprint density at radius 2 is 1.60 bits per heavy atom. The van der Waals surface area contributed by atoms with E-state index in [1.807, 2.05) is 54.6 Å². The number of carbonyl (C=O) groups is 2. The lowest BCUT2D eigenvalue weighted by Gasteiger charge is -2.19. The lowest BCUT2D eigenvalue weighted by molar-refractivity contribution is -0.115. The second-order valence-electron chi connectivity index (χ2n) is 6.72. The van der Waals surface area contributed by atoms with Gasteiger partial charge >= 0.3 is 6.09 Å². The fourth-order valence-electron chi connectivity index (χ4n) is 2.27. The van der Waals surface area contributed by atoms with Crippen LogP contribution in [0.3, 0.4) is 0 Å². The molecule has 0 radical (unpaired) electrons. The summed E-state index contributed by atoms with van der Waals surface area (Å²) in [5.41, 5.74) is 2.32. The van der Waals surface area contributed by atoms with E-state index in [1.165, 1.54) is 0 Å². The summed E-state index contributed by atoms with van der Waals surface area (Å²) in [5.74, 6) is -0.300. The van der Waals surface area contributed by atoms with Crippen molar-refractivity contribution in [3.63, 3.8) is 0 Å². The highest BCUT2D eigenvalue weighted by atomic mass is 16.6. The van der Waals surface area contributed by atoms with Gasteiger partial charge in [-0.25, -0.2) is 4.79 Å². The predicted octanol–water partition coefficient (Wildman–Crippen LogP) is 3.74. The molecule has 0 unspecified atom stereocenters. The average molecular weight is 340 g/mol. The second-order valence-corrected chi connectivity index (χ2v) is 6.72. The van der Waals surface area contributed by atoms with Gasteiger partial charge in [0.25, 0.3) is 0 Å². The zero-order valence-corrected chi connectivity index (χ0v) is 14.8. The maximum Gasteiger partial charge on any atom is 0.408 e. The fraction of sp³-hybridized carbons (Fsp3) is 0.300. The Labute approximate surface area is 148 Å². The van der Waals surface area contributed by atoms with Gasteiger partial charge in [0.2, 0.25) is 5.91 Å². The molecular weight excluding hydrogens is 316 g/mol. The standard InChI is InChI=1S/C20H24N2O3/c1-20(2,3)25-19(24)21-14-18(23)22-17-12-8-7-11-16(17)13-15-9-5-4-6-10-15/h4-12H,13-14H2,1-3H3,(H,21,24)(H,22,23). The van der Waals surface area contributed by atoms with Crippen molar-refractivity contribution < 1.29 is 14.3 Å². The molecule has 25 heavy (non-hydrogen) atoms. The number of ether oxygens (including phenoxy) is 1. The molecule has 0 bridgehead atoms. The number of para-hydroxylation sites is 1. The molecule has 0 fully saturated rings. The first-order valence-corrected chi connectivity index (χ1v) is 8.22. The summed E-state index contributed by atoms with van der Waals surface area (Å²) in [6, 6.07) is 17.7. The van der Waals surface area contributed by atoms with Gasteiger partial charge in [-0.05, 0) is 44.4 Å². The van der Waals surface area contributed by atoms with Crippen molar-refractivity contribution in [2.45, 2.75) is 32.8 Å². The number of carbonyl (C=O) groups excluding carboxylic acids is 2. The SMILES string of the molecule is CC(C)(C)OC(=O)NCC(=O)Nc1ccccc1Cc1ccccc1. The van der Waals surface area contributed by atoms with Crippen LogP contribution in [0.1, 0.15) is 31.9 Å². The van der Waals surface area contributed by atoms with Crippen LogP contribution in [0.5, 0.6) is 0 Å². The lowest BCUT2D eigenvalue weighted by atomic mass is 10.0. The molecule has 2 rings (SSSR count). The number of rotatable bonds is 5. The van der Waals surface area contributed by atoms with Gasteiger partial charge in [-0.1, -0.05) is 48.5 Å². The summed E-state index contributed by atoms with van der Waals surface area (Å²) in [6.07, 6.45) is 0.108. The molecule has 2 N–H and O–H groups in total. The maximum absolute atomic E-state index is 12.1. The number of alkyl carbamates (subject to hydrolysis) is 1. The van der Waals surface area contributed by atoms with Crippen molar-refractivity contribution >= 4 is 17.7 Å². The number of anilines is 1. The molecule has 0 heterocycles. The van der Waals surface area contributed by atoms with Crippen LogP contribution in [0.2, 0.25) is 0 Å². The Bertz CT molecular complexity index is 721. The first-order valence-electron chi connectivity index (χ1n) is 8.22. The Morgan fingerprint density at radius 1 is 0.960 bits per heavy atom. The van der Waals surface area contributed by atoms with E-state index in [9.17, 15) is 9.59 Å². The van der Waals surface area contributed by atoms with Crippen molar-refractivity contribution in [1.29, 1.82) is 0 Å². The predicted molar refractivity (Wildman–Crippen MR) is 98.6 cm³/mol. The van der Waals surface area contributed by atoms with E-state index in [0.717, 1.165) is 23.2 Å². The van der Waals surface area contributed by atoms with E-state index < -0.39 is 11.7 Å². The summed E-state index contributed by atoms with van der Waals surface area (Å²) in [6.45, 7) is 5.17. The number of benzene rings is 2. The van der Waals surface area contributed by atoms with Crippen LogP contribution in [0.25, 0.3) is 0 Å². The van der Waals surface area contributed by atoms with E-state index in [4.69, 9.17) is 4.74 Å². The van der Waals surface area contributed by atoms with Gasteiger partial charge in [0, 0.05) is 5.69 Å². The molecule has 2 aromatic carbocycles. The highest BCUT2D eigenvalue weighted by Gasteiger charge is 2.16. The third-order valence-electron chi connectivity index (χ3n) is 3.32. The van der Waals surface area contributed by atoms with E-state index >= 15 is 0 Å². The summed E-state index contributed by atoms with van der Waals surface area (Å²) in [4.78, 5) is 23.7. The molecular formula is C20H24N2O3. The Kier molecular flexibility index (Phi) is 6.17. The van der Waals surface area contributed by atoms with E-state index in [1.54, 1.807) is 20.8 Å². The average Bonchev–Trinajstić information content (AvgIpc) is 2.54. The topological polar surface area (TPSA) is 67.4 Å². The monoisotopic (exact) mass is 340 g/mol. The van der Waals surface area contributed by atoms with Crippen LogP contribution in [-0.2, 0) is 16.0 Å². The smallest absolute Gasteiger partial charge is 0.408 e. The molecule has 0 spiro atoms. The van der Waals surface area contributed by atoms with Crippen LogP contribution in [0.4, 0.5) is 10.5 Å². The Morgan fingerprint density at radius 3 is 2.28 bits per heavy atom. The first-order chi connectivity index (χ1) is 11.8. The van der Waals surface area contributed by atoms with Crippen molar-refractivity contribution in [3.8, 4) is 0 Å².